The Morgan fingerprint density at radius 1 is 1.06 bits per heavy atom. The lowest BCUT2D eigenvalue weighted by molar-refractivity contribution is -0.137. The molecule has 1 atom stereocenters. The van der Waals surface area contributed by atoms with Gasteiger partial charge in [0.05, 0.1) is 10.6 Å². The fraction of sp³-hybridized carbons (Fsp3) is 0.125. The van der Waals surface area contributed by atoms with Gasteiger partial charge in [0.15, 0.2) is 0 Å². The number of nitrogens with zero attached hydrogens (tertiary/aromatic N) is 3. The number of thiazole rings is 1. The van der Waals surface area contributed by atoms with Gasteiger partial charge < -0.3 is 11.1 Å². The monoisotopic (exact) mass is 459 g/mol. The first-order chi connectivity index (χ1) is 15.9. The van der Waals surface area contributed by atoms with E-state index in [-0.39, 0.29) is 12.1 Å². The van der Waals surface area contributed by atoms with E-state index in [2.05, 4.69) is 15.4 Å². The second-order valence-electron chi connectivity index (χ2n) is 7.40. The lowest BCUT2D eigenvalue weighted by atomic mass is 10.0. The fourth-order valence-corrected chi connectivity index (χ4v) is 4.26. The molecule has 0 aliphatic heterocycles. The van der Waals surface area contributed by atoms with Crippen molar-refractivity contribution in [3.05, 3.63) is 89.9 Å². The number of nitrogens with two attached hydrogens (primary N) is 1. The Labute approximate surface area is 194 Å². The Kier molecular flexibility index (Phi) is 6.41. The molecule has 0 spiro atoms. The van der Waals surface area contributed by atoms with Gasteiger partial charge in [0.25, 0.3) is 11.8 Å². The van der Waals surface area contributed by atoms with E-state index in [0.717, 1.165) is 16.0 Å². The molecule has 2 amide bonds. The number of primary amides is 1. The third kappa shape index (κ3) is 5.04. The Morgan fingerprint density at radius 3 is 2.39 bits per heavy atom. The number of amides is 2. The first kappa shape index (κ1) is 22.1. The van der Waals surface area contributed by atoms with Crippen molar-refractivity contribution in [3.8, 4) is 15.6 Å². The smallest absolute Gasteiger partial charge is 0.287 e. The van der Waals surface area contributed by atoms with Crippen molar-refractivity contribution in [1.82, 2.24) is 20.1 Å². The van der Waals surface area contributed by atoms with Crippen LogP contribution in [-0.2, 0) is 16.0 Å². The van der Waals surface area contributed by atoms with Crippen LogP contribution in [0, 0.1) is 6.92 Å². The quantitative estimate of drug-likeness (QED) is 0.393. The third-order valence-corrected chi connectivity index (χ3v) is 5.97. The predicted octanol–water partition coefficient (Wildman–Crippen LogP) is 2.70. The van der Waals surface area contributed by atoms with Gasteiger partial charge in [-0.3, -0.25) is 14.4 Å². The van der Waals surface area contributed by atoms with Gasteiger partial charge in [-0.05, 0) is 24.1 Å². The van der Waals surface area contributed by atoms with Crippen LogP contribution < -0.4 is 11.1 Å². The Morgan fingerprint density at radius 2 is 1.73 bits per heavy atom. The molecule has 3 N–H and O–H groups in total. The molecule has 4 rings (SSSR count). The molecular formula is C24H21N5O3S. The number of hydrogen-bond acceptors (Lipinski definition) is 6. The summed E-state index contributed by atoms with van der Waals surface area (Å²) < 4.78 is 1.44. The van der Waals surface area contributed by atoms with Gasteiger partial charge in [-0.15, -0.1) is 0 Å². The van der Waals surface area contributed by atoms with E-state index in [9.17, 15) is 14.4 Å². The molecule has 1 unspecified atom stereocenters. The van der Waals surface area contributed by atoms with Crippen LogP contribution in [-0.4, -0.2) is 38.4 Å². The van der Waals surface area contributed by atoms with Crippen LogP contribution in [0.4, 0.5) is 0 Å². The summed E-state index contributed by atoms with van der Waals surface area (Å²) in [5, 5.41) is 7.57. The van der Waals surface area contributed by atoms with Crippen molar-refractivity contribution < 1.29 is 14.4 Å². The average molecular weight is 460 g/mol. The van der Waals surface area contributed by atoms with Gasteiger partial charge in [-0.25, -0.2) is 9.67 Å². The van der Waals surface area contributed by atoms with E-state index < -0.39 is 23.6 Å². The van der Waals surface area contributed by atoms with Crippen LogP contribution in [0.2, 0.25) is 0 Å². The van der Waals surface area contributed by atoms with Crippen molar-refractivity contribution in [2.75, 3.05) is 0 Å². The van der Waals surface area contributed by atoms with Gasteiger partial charge in [-0.2, -0.15) is 5.10 Å². The van der Waals surface area contributed by atoms with E-state index in [1.54, 1.807) is 19.2 Å². The maximum Gasteiger partial charge on any atom is 0.287 e. The number of aryl methyl sites for hydroxylation is 1. The van der Waals surface area contributed by atoms with Gasteiger partial charge in [0.1, 0.15) is 11.7 Å². The fourth-order valence-electron chi connectivity index (χ4n) is 3.37. The van der Waals surface area contributed by atoms with Crippen LogP contribution in [0.1, 0.15) is 21.7 Å². The zero-order chi connectivity index (χ0) is 23.4. The Balaban J connectivity index is 1.61. The number of hydrogen-bond donors (Lipinski definition) is 2. The molecular weight excluding hydrogens is 438 g/mol. The molecule has 0 aliphatic rings. The van der Waals surface area contributed by atoms with Gasteiger partial charge in [0.2, 0.25) is 10.9 Å². The first-order valence-corrected chi connectivity index (χ1v) is 11.0. The summed E-state index contributed by atoms with van der Waals surface area (Å²) in [5.74, 6) is -2.52. The highest BCUT2D eigenvalue weighted by atomic mass is 32.1. The van der Waals surface area contributed by atoms with E-state index in [0.29, 0.717) is 10.8 Å². The summed E-state index contributed by atoms with van der Waals surface area (Å²) in [5.41, 5.74) is 7.83. The minimum absolute atomic E-state index is 0.136. The van der Waals surface area contributed by atoms with Gasteiger partial charge >= 0.3 is 0 Å². The molecule has 2 heterocycles. The van der Waals surface area contributed by atoms with Crippen LogP contribution in [0.5, 0.6) is 0 Å². The van der Waals surface area contributed by atoms with E-state index in [1.165, 1.54) is 16.0 Å². The number of benzene rings is 2. The molecule has 0 fully saturated rings. The second kappa shape index (κ2) is 9.58. The van der Waals surface area contributed by atoms with Crippen LogP contribution >= 0.6 is 11.3 Å². The molecule has 2 aromatic heterocycles. The summed E-state index contributed by atoms with van der Waals surface area (Å²) >= 11 is 1.38. The molecule has 2 aromatic carbocycles. The molecule has 33 heavy (non-hydrogen) atoms. The second-order valence-corrected chi connectivity index (χ2v) is 8.41. The lowest BCUT2D eigenvalue weighted by Gasteiger charge is -2.16. The van der Waals surface area contributed by atoms with E-state index in [1.807, 2.05) is 60.7 Å². The van der Waals surface area contributed by atoms with Crippen LogP contribution in [0.3, 0.4) is 0 Å². The minimum atomic E-state index is -1.10. The van der Waals surface area contributed by atoms with Crippen molar-refractivity contribution in [1.29, 1.82) is 0 Å². The molecule has 0 aliphatic carbocycles. The minimum Gasteiger partial charge on any atom is -0.363 e. The number of nitrogens with one attached hydrogen (secondary N) is 1. The molecule has 0 bridgehead atoms. The zero-order valence-electron chi connectivity index (χ0n) is 17.8. The molecule has 0 saturated heterocycles. The maximum atomic E-state index is 13.2. The molecule has 9 heteroatoms. The highest BCUT2D eigenvalue weighted by molar-refractivity contribution is 7.17. The lowest BCUT2D eigenvalue weighted by Crippen LogP contribution is -2.47. The Hall–Kier alpha value is -4.11. The highest BCUT2D eigenvalue weighted by Gasteiger charge is 2.28. The van der Waals surface area contributed by atoms with Crippen molar-refractivity contribution in [2.24, 2.45) is 5.73 Å². The summed E-state index contributed by atoms with van der Waals surface area (Å²) in [6.07, 6.45) is 1.86. The number of Topliss-reactive ketones (excluding diaryl/α,β-unsaturated/α-hetero) is 1. The number of ketones is 1. The number of aromatic nitrogens is 3. The summed E-state index contributed by atoms with van der Waals surface area (Å²) in [7, 11) is 0. The molecule has 4 aromatic rings. The van der Waals surface area contributed by atoms with Crippen molar-refractivity contribution in [3.63, 3.8) is 0 Å². The predicted molar refractivity (Wildman–Crippen MR) is 125 cm³/mol. The molecule has 0 saturated carbocycles. The topological polar surface area (TPSA) is 120 Å². The van der Waals surface area contributed by atoms with Crippen LogP contribution in [0.25, 0.3) is 15.6 Å². The third-order valence-electron chi connectivity index (χ3n) is 4.94. The van der Waals surface area contributed by atoms with Gasteiger partial charge in [-0.1, -0.05) is 72.0 Å². The molecule has 8 nitrogen and oxygen atoms in total. The maximum absolute atomic E-state index is 13.2. The first-order valence-electron chi connectivity index (χ1n) is 10.2. The largest absolute Gasteiger partial charge is 0.363 e. The molecule has 0 radical (unpaired) electrons. The standard InChI is InChI=1S/C24H21N5O3S/c1-15-12-19(29(28-15)24-26-14-20(33-24)17-10-6-3-7-11-17)23(32)27-18(21(30)22(25)31)13-16-8-4-2-5-9-16/h2-12,14,18H,13H2,1H3,(H2,25,31)(H,27,32). The van der Waals surface area contributed by atoms with E-state index in [4.69, 9.17) is 5.73 Å². The van der Waals surface area contributed by atoms with Crippen LogP contribution in [0.15, 0.2) is 72.9 Å². The highest BCUT2D eigenvalue weighted by Crippen LogP contribution is 2.28. The zero-order valence-corrected chi connectivity index (χ0v) is 18.6. The summed E-state index contributed by atoms with van der Waals surface area (Å²) in [4.78, 5) is 42.5. The Bertz CT molecular complexity index is 1300. The SMILES string of the molecule is Cc1cc(C(=O)NC(Cc2ccccc2)C(=O)C(N)=O)n(-c2ncc(-c3ccccc3)s2)n1. The number of rotatable bonds is 8. The van der Waals surface area contributed by atoms with Crippen molar-refractivity contribution in [2.45, 2.75) is 19.4 Å². The number of carbonyl (C=O) groups excluding carboxylic acids is 3. The van der Waals surface area contributed by atoms with E-state index >= 15 is 0 Å². The average Bonchev–Trinajstić information content (AvgIpc) is 3.46. The normalized spacial score (nSPS) is 11.7. The number of carbonyl (C=O) groups is 3. The summed E-state index contributed by atoms with van der Waals surface area (Å²) in [6.45, 7) is 1.76. The molecule has 166 valence electrons. The van der Waals surface area contributed by atoms with Gasteiger partial charge in [0, 0.05) is 12.6 Å². The van der Waals surface area contributed by atoms with Crippen molar-refractivity contribution >= 4 is 28.9 Å². The summed E-state index contributed by atoms with van der Waals surface area (Å²) in [6, 6.07) is 19.3.